The number of nitrogens with zero attached hydrogens (tertiary/aromatic N) is 1. The number of nitrogens with one attached hydrogen (secondary N) is 1. The first kappa shape index (κ1) is 21.1. The molecule has 2 N–H and O–H groups in total. The first-order valence-corrected chi connectivity index (χ1v) is 10.7. The first-order chi connectivity index (χ1) is 15.0. The number of aryl methyl sites for hydroxylation is 2. The maximum absolute atomic E-state index is 11.3. The summed E-state index contributed by atoms with van der Waals surface area (Å²) in [5, 5.41) is 12.4. The molecule has 31 heavy (non-hydrogen) atoms. The van der Waals surface area contributed by atoms with Crippen LogP contribution in [0, 0.1) is 19.8 Å². The van der Waals surface area contributed by atoms with E-state index in [2.05, 4.69) is 16.4 Å². The van der Waals surface area contributed by atoms with Gasteiger partial charge < -0.3 is 19.6 Å². The van der Waals surface area contributed by atoms with Gasteiger partial charge in [0.05, 0.1) is 0 Å². The number of aliphatic carboxylic acids is 1. The fraction of sp³-hybridized carbons (Fsp3) is 0.360. The predicted molar refractivity (Wildman–Crippen MR) is 118 cm³/mol. The van der Waals surface area contributed by atoms with E-state index in [1.807, 2.05) is 56.3 Å². The molecule has 0 aliphatic carbocycles. The van der Waals surface area contributed by atoms with Gasteiger partial charge in [-0.1, -0.05) is 35.9 Å². The van der Waals surface area contributed by atoms with Gasteiger partial charge in [0.15, 0.2) is 0 Å². The van der Waals surface area contributed by atoms with Crippen LogP contribution in [0.25, 0.3) is 11.5 Å². The summed E-state index contributed by atoms with van der Waals surface area (Å²) in [6, 6.07) is 15.6. The number of carboxylic acid groups (broad SMARTS) is 1. The average molecular weight is 421 g/mol. The van der Waals surface area contributed by atoms with Crippen LogP contribution in [-0.4, -0.2) is 28.6 Å². The Hall–Kier alpha value is -3.12. The number of carbonyl (C=O) groups is 1. The quantitative estimate of drug-likeness (QED) is 0.584. The zero-order valence-corrected chi connectivity index (χ0v) is 17.9. The third-order valence-corrected chi connectivity index (χ3v) is 5.85. The summed E-state index contributed by atoms with van der Waals surface area (Å²) in [5.41, 5.74) is 4.01. The van der Waals surface area contributed by atoms with E-state index in [0.29, 0.717) is 24.8 Å². The average Bonchev–Trinajstić information content (AvgIpc) is 3.14. The Morgan fingerprint density at radius 1 is 1.19 bits per heavy atom. The minimum absolute atomic E-state index is 0.314. The van der Waals surface area contributed by atoms with Crippen molar-refractivity contribution in [1.29, 1.82) is 0 Å². The van der Waals surface area contributed by atoms with Crippen LogP contribution >= 0.6 is 0 Å². The Bertz CT molecular complexity index is 1040. The van der Waals surface area contributed by atoms with E-state index in [-0.39, 0.29) is 0 Å². The largest absolute Gasteiger partial charge is 0.487 e. The van der Waals surface area contributed by atoms with Crippen LogP contribution in [0.15, 0.2) is 52.9 Å². The Kier molecular flexibility index (Phi) is 6.37. The number of piperidine rings is 1. The van der Waals surface area contributed by atoms with Gasteiger partial charge in [-0.25, -0.2) is 4.98 Å². The van der Waals surface area contributed by atoms with Crippen LogP contribution in [0.5, 0.6) is 5.75 Å². The van der Waals surface area contributed by atoms with Gasteiger partial charge in [-0.2, -0.15) is 0 Å². The molecule has 162 valence electrons. The SMILES string of the molecule is Cc1ccc(-c2nc(COc3ccccc3CC3CCN[C@@H](C(=O)O)C3)c(C)o2)cc1. The highest BCUT2D eigenvalue weighted by Crippen LogP contribution is 2.28. The summed E-state index contributed by atoms with van der Waals surface area (Å²) in [5.74, 6) is 1.69. The fourth-order valence-corrected chi connectivity index (χ4v) is 4.02. The molecule has 0 amide bonds. The smallest absolute Gasteiger partial charge is 0.320 e. The molecular weight excluding hydrogens is 392 g/mol. The molecule has 0 radical (unpaired) electrons. The lowest BCUT2D eigenvalue weighted by atomic mass is 9.87. The number of carboxylic acids is 1. The highest BCUT2D eigenvalue weighted by Gasteiger charge is 2.27. The fourth-order valence-electron chi connectivity index (χ4n) is 4.02. The van der Waals surface area contributed by atoms with Crippen LogP contribution < -0.4 is 10.1 Å². The second-order valence-corrected chi connectivity index (χ2v) is 8.22. The number of para-hydroxylation sites is 1. The number of rotatable bonds is 7. The monoisotopic (exact) mass is 420 g/mol. The maximum Gasteiger partial charge on any atom is 0.320 e. The Morgan fingerprint density at radius 3 is 2.74 bits per heavy atom. The van der Waals surface area contributed by atoms with Crippen LogP contribution in [0.3, 0.4) is 0 Å². The second-order valence-electron chi connectivity index (χ2n) is 8.22. The second kappa shape index (κ2) is 9.35. The van der Waals surface area contributed by atoms with E-state index >= 15 is 0 Å². The Morgan fingerprint density at radius 2 is 1.97 bits per heavy atom. The van der Waals surface area contributed by atoms with Gasteiger partial charge in [0, 0.05) is 5.56 Å². The molecule has 1 aromatic heterocycles. The topological polar surface area (TPSA) is 84.6 Å². The maximum atomic E-state index is 11.3. The van der Waals surface area contributed by atoms with Gasteiger partial charge in [0.2, 0.25) is 5.89 Å². The molecule has 3 aromatic rings. The van der Waals surface area contributed by atoms with E-state index < -0.39 is 12.0 Å². The lowest BCUT2D eigenvalue weighted by molar-refractivity contribution is -0.140. The third kappa shape index (κ3) is 5.14. The predicted octanol–water partition coefficient (Wildman–Crippen LogP) is 4.53. The summed E-state index contributed by atoms with van der Waals surface area (Å²) in [6.07, 6.45) is 2.39. The number of hydrogen-bond donors (Lipinski definition) is 2. The van der Waals surface area contributed by atoms with Crippen LogP contribution in [0.1, 0.15) is 35.4 Å². The lowest BCUT2D eigenvalue weighted by Crippen LogP contribution is -2.43. The number of oxazole rings is 1. The number of aromatic nitrogens is 1. The summed E-state index contributed by atoms with van der Waals surface area (Å²) in [6.45, 7) is 5.00. The minimum Gasteiger partial charge on any atom is -0.487 e. The minimum atomic E-state index is -0.778. The van der Waals surface area contributed by atoms with Gasteiger partial charge in [-0.05, 0) is 69.3 Å². The molecule has 1 aliphatic heterocycles. The first-order valence-electron chi connectivity index (χ1n) is 10.7. The summed E-state index contributed by atoms with van der Waals surface area (Å²) < 4.78 is 12.0. The molecule has 1 unspecified atom stereocenters. The van der Waals surface area contributed by atoms with Crippen molar-refractivity contribution in [2.75, 3.05) is 6.54 Å². The highest BCUT2D eigenvalue weighted by atomic mass is 16.5. The summed E-state index contributed by atoms with van der Waals surface area (Å²) in [4.78, 5) is 16.0. The molecule has 0 spiro atoms. The Balaban J connectivity index is 1.44. The van der Waals surface area contributed by atoms with Crippen molar-refractivity contribution >= 4 is 5.97 Å². The number of ether oxygens (including phenoxy) is 1. The summed E-state index contributed by atoms with van der Waals surface area (Å²) in [7, 11) is 0. The van der Waals surface area contributed by atoms with Crippen LogP contribution in [0.2, 0.25) is 0 Å². The molecule has 0 saturated carbocycles. The Labute approximate surface area is 182 Å². The van der Waals surface area contributed by atoms with Gasteiger partial charge in [-0.15, -0.1) is 0 Å². The van der Waals surface area contributed by atoms with Gasteiger partial charge in [0.25, 0.3) is 0 Å². The zero-order chi connectivity index (χ0) is 21.8. The van der Waals surface area contributed by atoms with Crippen molar-refractivity contribution < 1.29 is 19.1 Å². The van der Waals surface area contributed by atoms with Crippen molar-refractivity contribution in [3.63, 3.8) is 0 Å². The van der Waals surface area contributed by atoms with Crippen molar-refractivity contribution in [2.24, 2.45) is 5.92 Å². The molecule has 6 heteroatoms. The third-order valence-electron chi connectivity index (χ3n) is 5.85. The molecule has 1 fully saturated rings. The molecule has 1 saturated heterocycles. The van der Waals surface area contributed by atoms with Crippen molar-refractivity contribution in [1.82, 2.24) is 10.3 Å². The molecule has 0 bridgehead atoms. The number of hydrogen-bond acceptors (Lipinski definition) is 5. The van der Waals surface area contributed by atoms with E-state index in [1.54, 1.807) is 0 Å². The van der Waals surface area contributed by atoms with E-state index in [0.717, 1.165) is 47.7 Å². The van der Waals surface area contributed by atoms with Gasteiger partial charge in [-0.3, -0.25) is 4.79 Å². The van der Waals surface area contributed by atoms with E-state index in [4.69, 9.17) is 9.15 Å². The van der Waals surface area contributed by atoms with Gasteiger partial charge >= 0.3 is 5.97 Å². The van der Waals surface area contributed by atoms with Crippen molar-refractivity contribution in [2.45, 2.75) is 45.8 Å². The van der Waals surface area contributed by atoms with Crippen LogP contribution in [0.4, 0.5) is 0 Å². The zero-order valence-electron chi connectivity index (χ0n) is 17.9. The van der Waals surface area contributed by atoms with Crippen LogP contribution in [-0.2, 0) is 17.8 Å². The van der Waals surface area contributed by atoms with E-state index in [9.17, 15) is 9.90 Å². The normalized spacial score (nSPS) is 18.6. The summed E-state index contributed by atoms with van der Waals surface area (Å²) >= 11 is 0. The van der Waals surface area contributed by atoms with Crippen molar-refractivity contribution in [3.8, 4) is 17.2 Å². The highest BCUT2D eigenvalue weighted by molar-refractivity contribution is 5.73. The molecule has 2 heterocycles. The molecule has 1 aliphatic rings. The molecule has 2 aromatic carbocycles. The molecular formula is C25H28N2O4. The standard InChI is InChI=1S/C25H28N2O4/c1-16-7-9-19(10-8-16)24-27-22(17(2)31-24)15-30-23-6-4-3-5-20(23)13-18-11-12-26-21(14-18)25(28)29/h3-10,18,21,26H,11-15H2,1-2H3,(H,28,29)/t18?,21-/m1/s1. The van der Waals surface area contributed by atoms with Crippen molar-refractivity contribution in [3.05, 3.63) is 71.1 Å². The molecule has 6 nitrogen and oxygen atoms in total. The molecule has 4 rings (SSSR count). The number of benzene rings is 2. The molecule has 2 atom stereocenters. The van der Waals surface area contributed by atoms with Gasteiger partial charge in [0.1, 0.15) is 29.9 Å². The van der Waals surface area contributed by atoms with E-state index in [1.165, 1.54) is 5.56 Å². The lowest BCUT2D eigenvalue weighted by Gasteiger charge is -2.28.